The quantitative estimate of drug-likeness (QED) is 0.528. The van der Waals surface area contributed by atoms with Gasteiger partial charge in [0, 0.05) is 6.54 Å². The van der Waals surface area contributed by atoms with Gasteiger partial charge in [-0.15, -0.1) is 0 Å². The van der Waals surface area contributed by atoms with Gasteiger partial charge in [-0.3, -0.25) is 4.52 Å². The van der Waals surface area contributed by atoms with Crippen LogP contribution >= 0.6 is 11.6 Å². The lowest BCUT2D eigenvalue weighted by molar-refractivity contribution is 0.198. The van der Waals surface area contributed by atoms with E-state index in [1.54, 1.807) is 0 Å². The van der Waals surface area contributed by atoms with Crippen LogP contribution in [0.4, 0.5) is 4.39 Å². The summed E-state index contributed by atoms with van der Waals surface area (Å²) in [6, 6.07) is 3.52. The SMILES string of the molecule is C[C@H](CNS(N)(=O)=O)Oc1nonc1-c1noc(=O)n1-c1ccc(F)c(Cl)c1. The third-order valence-corrected chi connectivity index (χ3v) is 4.18. The molecule has 0 spiro atoms. The Kier molecular flexibility index (Phi) is 5.46. The van der Waals surface area contributed by atoms with E-state index in [1.165, 1.54) is 19.1 Å². The first-order valence-corrected chi connectivity index (χ1v) is 9.39. The fraction of sp³-hybridized carbons (Fsp3) is 0.231. The van der Waals surface area contributed by atoms with Gasteiger partial charge in [0.05, 0.1) is 10.7 Å². The Morgan fingerprint density at radius 2 is 2.14 bits per heavy atom. The number of nitrogens with two attached hydrogens (primary N) is 1. The Labute approximate surface area is 161 Å². The molecule has 3 rings (SSSR count). The summed E-state index contributed by atoms with van der Waals surface area (Å²) in [6.45, 7) is 1.34. The molecule has 12 nitrogen and oxygen atoms in total. The topological polar surface area (TPSA) is 168 Å². The number of benzene rings is 1. The van der Waals surface area contributed by atoms with Crippen molar-refractivity contribution in [1.82, 2.24) is 24.8 Å². The summed E-state index contributed by atoms with van der Waals surface area (Å²) in [6.07, 6.45) is -0.740. The summed E-state index contributed by atoms with van der Waals surface area (Å²) in [5, 5.41) is 15.4. The van der Waals surface area contributed by atoms with Crippen molar-refractivity contribution in [1.29, 1.82) is 0 Å². The summed E-state index contributed by atoms with van der Waals surface area (Å²) < 4.78 is 53.0. The van der Waals surface area contributed by atoms with E-state index in [1.807, 2.05) is 0 Å². The van der Waals surface area contributed by atoms with Crippen molar-refractivity contribution >= 4 is 21.8 Å². The molecule has 0 radical (unpaired) electrons. The molecule has 0 saturated carbocycles. The van der Waals surface area contributed by atoms with Gasteiger partial charge in [0.15, 0.2) is 0 Å². The van der Waals surface area contributed by atoms with E-state index in [4.69, 9.17) is 21.5 Å². The zero-order valence-corrected chi connectivity index (χ0v) is 15.6. The molecular weight excluding hydrogens is 423 g/mol. The summed E-state index contributed by atoms with van der Waals surface area (Å²) in [5.74, 6) is -1.94. The van der Waals surface area contributed by atoms with E-state index < -0.39 is 27.9 Å². The molecule has 2 aromatic heterocycles. The highest BCUT2D eigenvalue weighted by atomic mass is 35.5. The van der Waals surface area contributed by atoms with Crippen molar-refractivity contribution in [3.63, 3.8) is 0 Å². The molecule has 3 N–H and O–H groups in total. The monoisotopic (exact) mass is 434 g/mol. The van der Waals surface area contributed by atoms with E-state index in [-0.39, 0.29) is 34.7 Å². The van der Waals surface area contributed by atoms with E-state index in [2.05, 4.69) is 29.3 Å². The lowest BCUT2D eigenvalue weighted by atomic mass is 10.3. The molecular formula is C13H12ClFN6O6S. The molecule has 0 unspecified atom stereocenters. The van der Waals surface area contributed by atoms with Crippen LogP contribution in [0.5, 0.6) is 5.88 Å². The lowest BCUT2D eigenvalue weighted by Crippen LogP contribution is -2.37. The molecule has 1 atom stereocenters. The van der Waals surface area contributed by atoms with Gasteiger partial charge in [-0.25, -0.2) is 23.5 Å². The number of hydrogen-bond donors (Lipinski definition) is 2. The summed E-state index contributed by atoms with van der Waals surface area (Å²) in [4.78, 5) is 12.1. The van der Waals surface area contributed by atoms with Crippen molar-refractivity contribution in [2.75, 3.05) is 6.54 Å². The lowest BCUT2D eigenvalue weighted by Gasteiger charge is -2.12. The normalized spacial score (nSPS) is 12.9. The van der Waals surface area contributed by atoms with Gasteiger partial charge in [0.1, 0.15) is 11.9 Å². The van der Waals surface area contributed by atoms with Gasteiger partial charge in [-0.2, -0.15) is 13.1 Å². The molecule has 0 saturated heterocycles. The summed E-state index contributed by atoms with van der Waals surface area (Å²) >= 11 is 5.75. The molecule has 1 aromatic carbocycles. The predicted molar refractivity (Wildman–Crippen MR) is 91.6 cm³/mol. The second kappa shape index (κ2) is 7.67. The number of ether oxygens (including phenoxy) is 1. The van der Waals surface area contributed by atoms with Crippen LogP contribution in [-0.2, 0) is 10.2 Å². The Balaban J connectivity index is 1.93. The Morgan fingerprint density at radius 1 is 1.39 bits per heavy atom. The van der Waals surface area contributed by atoms with Crippen molar-refractivity contribution < 1.29 is 26.7 Å². The van der Waals surface area contributed by atoms with E-state index in [0.717, 1.165) is 10.6 Å². The Morgan fingerprint density at radius 3 is 2.82 bits per heavy atom. The Bertz CT molecular complexity index is 1160. The number of nitrogens with zero attached hydrogens (tertiary/aromatic N) is 4. The number of halogens is 2. The van der Waals surface area contributed by atoms with Gasteiger partial charge in [0.2, 0.25) is 11.5 Å². The summed E-state index contributed by atoms with van der Waals surface area (Å²) in [5.41, 5.74) is 0.0271. The van der Waals surface area contributed by atoms with Gasteiger partial charge in [0.25, 0.3) is 16.1 Å². The minimum atomic E-state index is -3.91. The average Bonchev–Trinajstić information content (AvgIpc) is 3.21. The average molecular weight is 435 g/mol. The highest BCUT2D eigenvalue weighted by Gasteiger charge is 2.25. The van der Waals surface area contributed by atoms with Crippen molar-refractivity contribution in [2.24, 2.45) is 5.14 Å². The molecule has 0 amide bonds. The predicted octanol–water partition coefficient (Wildman–Crippen LogP) is 0.228. The third-order valence-electron chi connectivity index (χ3n) is 3.32. The van der Waals surface area contributed by atoms with Crippen LogP contribution in [0.15, 0.2) is 32.1 Å². The molecule has 28 heavy (non-hydrogen) atoms. The first-order chi connectivity index (χ1) is 13.2. The molecule has 0 aliphatic heterocycles. The number of aromatic nitrogens is 4. The minimum Gasteiger partial charge on any atom is -0.469 e. The maximum Gasteiger partial charge on any atom is 0.446 e. The standard InChI is InChI=1S/C13H12ClFN6O6S/c1-6(5-17-28(16,23)24)25-12-10(18-27-20-12)11-19-26-13(22)21(11)7-2-3-9(15)8(14)4-7/h2-4,6,17H,5H2,1H3,(H2,16,23,24)/t6-/m1/s1. The van der Waals surface area contributed by atoms with Gasteiger partial charge >= 0.3 is 5.76 Å². The van der Waals surface area contributed by atoms with Crippen molar-refractivity contribution in [3.05, 3.63) is 39.6 Å². The molecule has 15 heteroatoms. The molecule has 0 fully saturated rings. The third kappa shape index (κ3) is 4.36. The molecule has 3 aromatic rings. The number of rotatable bonds is 7. The highest BCUT2D eigenvalue weighted by molar-refractivity contribution is 7.87. The zero-order valence-electron chi connectivity index (χ0n) is 14.0. The molecule has 2 heterocycles. The fourth-order valence-corrected chi connectivity index (χ4v) is 2.75. The number of nitrogens with one attached hydrogen (secondary N) is 1. The fourth-order valence-electron chi connectivity index (χ4n) is 2.11. The molecule has 150 valence electrons. The second-order valence-corrected chi connectivity index (χ2v) is 7.23. The van der Waals surface area contributed by atoms with E-state index in [9.17, 15) is 17.6 Å². The van der Waals surface area contributed by atoms with E-state index >= 15 is 0 Å². The van der Waals surface area contributed by atoms with Gasteiger partial charge < -0.3 is 4.74 Å². The van der Waals surface area contributed by atoms with Gasteiger partial charge in [-0.05, 0) is 35.4 Å². The number of hydrogen-bond acceptors (Lipinski definition) is 9. The molecule has 0 aliphatic rings. The van der Waals surface area contributed by atoms with Crippen LogP contribution in [0.1, 0.15) is 6.92 Å². The van der Waals surface area contributed by atoms with Crippen LogP contribution < -0.4 is 20.4 Å². The van der Waals surface area contributed by atoms with E-state index in [0.29, 0.717) is 0 Å². The van der Waals surface area contributed by atoms with Crippen LogP contribution in [0.2, 0.25) is 5.02 Å². The zero-order chi connectivity index (χ0) is 20.5. The van der Waals surface area contributed by atoms with Crippen LogP contribution in [-0.4, -0.2) is 41.1 Å². The largest absolute Gasteiger partial charge is 0.469 e. The highest BCUT2D eigenvalue weighted by Crippen LogP contribution is 2.27. The second-order valence-electron chi connectivity index (χ2n) is 5.45. The van der Waals surface area contributed by atoms with Crippen LogP contribution in [0, 0.1) is 5.82 Å². The first kappa shape index (κ1) is 19.9. The molecule has 0 bridgehead atoms. The maximum absolute atomic E-state index is 13.4. The minimum absolute atomic E-state index is 0.117. The maximum atomic E-state index is 13.4. The van der Waals surface area contributed by atoms with Crippen LogP contribution in [0.25, 0.3) is 17.2 Å². The van der Waals surface area contributed by atoms with Gasteiger partial charge in [-0.1, -0.05) is 16.8 Å². The Hall–Kier alpha value is -2.81. The van der Waals surface area contributed by atoms with Crippen LogP contribution in [0.3, 0.4) is 0 Å². The van der Waals surface area contributed by atoms with Crippen molar-refractivity contribution in [3.8, 4) is 23.1 Å². The first-order valence-electron chi connectivity index (χ1n) is 7.47. The van der Waals surface area contributed by atoms with Crippen molar-refractivity contribution in [2.45, 2.75) is 13.0 Å². The molecule has 0 aliphatic carbocycles. The summed E-state index contributed by atoms with van der Waals surface area (Å²) in [7, 11) is -3.91. The smallest absolute Gasteiger partial charge is 0.446 e.